The van der Waals surface area contributed by atoms with Gasteiger partial charge in [-0.25, -0.2) is 0 Å². The molecule has 1 aromatic rings. The molecule has 92 valence electrons. The van der Waals surface area contributed by atoms with Crippen LogP contribution in [0.5, 0.6) is 0 Å². The number of carboxylic acid groups (broad SMARTS) is 1. The van der Waals surface area contributed by atoms with Crippen molar-refractivity contribution in [1.29, 1.82) is 0 Å². The maximum absolute atomic E-state index is 10.8. The molecule has 0 aliphatic carbocycles. The maximum Gasteiger partial charge on any atom is 0.306 e. The average Bonchev–Trinajstić information content (AvgIpc) is 2.24. The van der Waals surface area contributed by atoms with Gasteiger partial charge < -0.3 is 5.11 Å². The van der Waals surface area contributed by atoms with Crippen LogP contribution in [-0.4, -0.2) is 34.0 Å². The Bertz CT molecular complexity index is 401. The molecule has 1 aromatic heterocycles. The quantitative estimate of drug-likeness (QED) is 0.924. The molecule has 2 heterocycles. The molecule has 1 atom stereocenters. The van der Waals surface area contributed by atoms with Crippen LogP contribution in [-0.2, 0) is 11.3 Å². The number of likely N-dealkylation sites (tertiary alicyclic amines) is 1. The predicted molar refractivity (Wildman–Crippen MR) is 67.5 cm³/mol. The van der Waals surface area contributed by atoms with Crippen molar-refractivity contribution in [3.63, 3.8) is 0 Å². The van der Waals surface area contributed by atoms with Crippen LogP contribution < -0.4 is 0 Å². The monoisotopic (exact) mass is 298 g/mol. The second-order valence-corrected chi connectivity index (χ2v) is 5.46. The summed E-state index contributed by atoms with van der Waals surface area (Å²) in [6.45, 7) is 4.29. The summed E-state index contributed by atoms with van der Waals surface area (Å²) in [5.41, 5.74) is 1.02. The standard InChI is InChI=1S/C12H15BrN2O2/c1-8(12(16)17)9-5-15(6-9)7-11-3-2-10(13)4-14-11/h2-4,8-9H,5-7H2,1H3,(H,16,17). The zero-order valence-electron chi connectivity index (χ0n) is 9.64. The number of hydrogen-bond donors (Lipinski definition) is 1. The molecular formula is C12H15BrN2O2. The van der Waals surface area contributed by atoms with E-state index in [9.17, 15) is 4.79 Å². The van der Waals surface area contributed by atoms with Crippen molar-refractivity contribution in [1.82, 2.24) is 9.88 Å². The van der Waals surface area contributed by atoms with Gasteiger partial charge in [0.2, 0.25) is 0 Å². The van der Waals surface area contributed by atoms with Crippen molar-refractivity contribution in [2.24, 2.45) is 11.8 Å². The summed E-state index contributed by atoms with van der Waals surface area (Å²) in [5.74, 6) is -0.663. The molecule has 1 aliphatic heterocycles. The van der Waals surface area contributed by atoms with Crippen LogP contribution >= 0.6 is 15.9 Å². The Labute approximate surface area is 109 Å². The van der Waals surface area contributed by atoms with Crippen LogP contribution in [0.1, 0.15) is 12.6 Å². The molecule has 2 rings (SSSR count). The third kappa shape index (κ3) is 3.04. The molecule has 1 aliphatic rings. The summed E-state index contributed by atoms with van der Waals surface area (Å²) in [6.07, 6.45) is 1.78. The Morgan fingerprint density at radius 2 is 2.35 bits per heavy atom. The fourth-order valence-corrected chi connectivity index (χ4v) is 2.22. The van der Waals surface area contributed by atoms with Crippen LogP contribution in [0, 0.1) is 11.8 Å². The van der Waals surface area contributed by atoms with Crippen LogP contribution in [0.25, 0.3) is 0 Å². The number of carboxylic acids is 1. The van der Waals surface area contributed by atoms with E-state index in [1.54, 1.807) is 13.1 Å². The van der Waals surface area contributed by atoms with Crippen LogP contribution in [0.4, 0.5) is 0 Å². The van der Waals surface area contributed by atoms with Gasteiger partial charge in [-0.1, -0.05) is 6.92 Å². The minimum atomic E-state index is -0.698. The minimum absolute atomic E-state index is 0.246. The first kappa shape index (κ1) is 12.5. The summed E-state index contributed by atoms with van der Waals surface area (Å²) in [4.78, 5) is 17.3. The zero-order chi connectivity index (χ0) is 12.4. The highest BCUT2D eigenvalue weighted by molar-refractivity contribution is 9.10. The Morgan fingerprint density at radius 1 is 1.65 bits per heavy atom. The van der Waals surface area contributed by atoms with Gasteiger partial charge in [-0.3, -0.25) is 14.7 Å². The number of halogens is 1. The molecule has 17 heavy (non-hydrogen) atoms. The largest absolute Gasteiger partial charge is 0.481 e. The average molecular weight is 299 g/mol. The summed E-state index contributed by atoms with van der Waals surface area (Å²) >= 11 is 3.35. The number of carbonyl (C=O) groups is 1. The van der Waals surface area contributed by atoms with Crippen molar-refractivity contribution in [2.75, 3.05) is 13.1 Å². The second-order valence-electron chi connectivity index (χ2n) is 4.55. The van der Waals surface area contributed by atoms with Crippen molar-refractivity contribution in [3.8, 4) is 0 Å². The van der Waals surface area contributed by atoms with Crippen molar-refractivity contribution in [2.45, 2.75) is 13.5 Å². The number of rotatable bonds is 4. The topological polar surface area (TPSA) is 53.4 Å². The lowest BCUT2D eigenvalue weighted by atomic mass is 9.87. The maximum atomic E-state index is 10.8. The minimum Gasteiger partial charge on any atom is -0.481 e. The Morgan fingerprint density at radius 3 is 2.88 bits per heavy atom. The molecule has 0 amide bonds. The van der Waals surface area contributed by atoms with Gasteiger partial charge in [0.1, 0.15) is 0 Å². The Kier molecular flexibility index (Phi) is 3.79. The fraction of sp³-hybridized carbons (Fsp3) is 0.500. The van der Waals surface area contributed by atoms with E-state index in [-0.39, 0.29) is 11.8 Å². The molecule has 0 saturated carbocycles. The van der Waals surface area contributed by atoms with Gasteiger partial charge in [0.25, 0.3) is 0 Å². The van der Waals surface area contributed by atoms with Crippen molar-refractivity contribution >= 4 is 21.9 Å². The first-order valence-electron chi connectivity index (χ1n) is 5.62. The van der Waals surface area contributed by atoms with Crippen molar-refractivity contribution in [3.05, 3.63) is 28.5 Å². The van der Waals surface area contributed by atoms with Crippen LogP contribution in [0.15, 0.2) is 22.8 Å². The summed E-state index contributed by atoms with van der Waals surface area (Å²) in [6, 6.07) is 3.96. The molecular weight excluding hydrogens is 284 g/mol. The lowest BCUT2D eigenvalue weighted by Crippen LogP contribution is -2.50. The van der Waals surface area contributed by atoms with Crippen LogP contribution in [0.2, 0.25) is 0 Å². The molecule has 1 saturated heterocycles. The molecule has 5 heteroatoms. The summed E-state index contributed by atoms with van der Waals surface area (Å²) in [7, 11) is 0. The lowest BCUT2D eigenvalue weighted by molar-refractivity contribution is -0.145. The third-order valence-corrected chi connectivity index (χ3v) is 3.73. The summed E-state index contributed by atoms with van der Waals surface area (Å²) < 4.78 is 0.974. The first-order valence-corrected chi connectivity index (χ1v) is 6.41. The van der Waals surface area contributed by atoms with Crippen molar-refractivity contribution < 1.29 is 9.90 Å². The number of pyridine rings is 1. The van der Waals surface area contributed by atoms with E-state index in [0.717, 1.165) is 29.8 Å². The van der Waals surface area contributed by atoms with Gasteiger partial charge >= 0.3 is 5.97 Å². The Balaban J connectivity index is 1.81. The third-order valence-electron chi connectivity index (χ3n) is 3.26. The van der Waals surface area contributed by atoms with Gasteiger partial charge in [-0.05, 0) is 34.0 Å². The van der Waals surface area contributed by atoms with E-state index in [1.807, 2.05) is 12.1 Å². The Hall–Kier alpha value is -0.940. The molecule has 0 radical (unpaired) electrons. The number of nitrogens with zero attached hydrogens (tertiary/aromatic N) is 2. The number of hydrogen-bond acceptors (Lipinski definition) is 3. The highest BCUT2D eigenvalue weighted by Crippen LogP contribution is 2.25. The van der Waals surface area contributed by atoms with E-state index in [1.165, 1.54) is 0 Å². The van der Waals surface area contributed by atoms with Gasteiger partial charge in [0.15, 0.2) is 0 Å². The SMILES string of the molecule is CC(C(=O)O)C1CN(Cc2ccc(Br)cn2)C1. The fourth-order valence-electron chi connectivity index (χ4n) is 1.99. The number of aromatic nitrogens is 1. The highest BCUT2D eigenvalue weighted by atomic mass is 79.9. The molecule has 1 fully saturated rings. The lowest BCUT2D eigenvalue weighted by Gasteiger charge is -2.41. The van der Waals surface area contributed by atoms with E-state index in [4.69, 9.17) is 5.11 Å². The van der Waals surface area contributed by atoms with E-state index in [2.05, 4.69) is 25.8 Å². The first-order chi connectivity index (χ1) is 8.06. The van der Waals surface area contributed by atoms with Gasteiger partial charge in [-0.15, -0.1) is 0 Å². The van der Waals surface area contributed by atoms with E-state index >= 15 is 0 Å². The highest BCUT2D eigenvalue weighted by Gasteiger charge is 2.34. The summed E-state index contributed by atoms with van der Waals surface area (Å²) in [5, 5.41) is 8.89. The van der Waals surface area contributed by atoms with Gasteiger partial charge in [0.05, 0.1) is 11.6 Å². The smallest absolute Gasteiger partial charge is 0.306 e. The number of aliphatic carboxylic acids is 1. The van der Waals surface area contributed by atoms with Crippen LogP contribution in [0.3, 0.4) is 0 Å². The molecule has 0 bridgehead atoms. The molecule has 4 nitrogen and oxygen atoms in total. The molecule has 1 unspecified atom stereocenters. The van der Waals surface area contributed by atoms with E-state index < -0.39 is 5.97 Å². The van der Waals surface area contributed by atoms with E-state index in [0.29, 0.717) is 0 Å². The molecule has 0 spiro atoms. The predicted octanol–water partition coefficient (Wildman–Crippen LogP) is 2.00. The normalized spacial score (nSPS) is 18.7. The molecule has 1 N–H and O–H groups in total. The zero-order valence-corrected chi connectivity index (χ0v) is 11.2. The van der Waals surface area contributed by atoms with Gasteiger partial charge in [-0.2, -0.15) is 0 Å². The van der Waals surface area contributed by atoms with Gasteiger partial charge in [0, 0.05) is 30.3 Å². The second kappa shape index (κ2) is 5.14. The molecule has 0 aromatic carbocycles.